The summed E-state index contributed by atoms with van der Waals surface area (Å²) >= 11 is 0. The summed E-state index contributed by atoms with van der Waals surface area (Å²) in [7, 11) is 0. The molecule has 2 nitrogen and oxygen atoms in total. The fourth-order valence-electron chi connectivity index (χ4n) is 6.88. The molecule has 0 N–H and O–H groups in total. The van der Waals surface area contributed by atoms with Crippen molar-refractivity contribution in [1.29, 1.82) is 0 Å². The van der Waals surface area contributed by atoms with Gasteiger partial charge in [-0.2, -0.15) is 0 Å². The molecular formula is C46H37NO. The van der Waals surface area contributed by atoms with E-state index in [4.69, 9.17) is 4.42 Å². The van der Waals surface area contributed by atoms with Crippen LogP contribution in [0.3, 0.4) is 0 Å². The Balaban J connectivity index is 1.38. The molecule has 0 amide bonds. The summed E-state index contributed by atoms with van der Waals surface area (Å²) in [6.07, 6.45) is 0. The fourth-order valence-corrected chi connectivity index (χ4v) is 6.88. The summed E-state index contributed by atoms with van der Waals surface area (Å²) < 4.78 is 6.34. The van der Waals surface area contributed by atoms with Crippen molar-refractivity contribution in [3.05, 3.63) is 175 Å². The third kappa shape index (κ3) is 5.36. The van der Waals surface area contributed by atoms with Gasteiger partial charge in [0.05, 0.1) is 5.69 Å². The summed E-state index contributed by atoms with van der Waals surface area (Å²) in [6.45, 7) is 6.92. The Kier molecular flexibility index (Phi) is 7.42. The summed E-state index contributed by atoms with van der Waals surface area (Å²) in [5, 5.41) is 2.26. The van der Waals surface area contributed by atoms with Gasteiger partial charge in [0.15, 0.2) is 0 Å². The van der Waals surface area contributed by atoms with Crippen molar-refractivity contribution in [1.82, 2.24) is 0 Å². The van der Waals surface area contributed by atoms with Gasteiger partial charge in [0.25, 0.3) is 0 Å². The van der Waals surface area contributed by atoms with Crippen molar-refractivity contribution >= 4 is 39.0 Å². The Bertz CT molecular complexity index is 2360. The molecule has 0 atom stereocenters. The Morgan fingerprint density at radius 1 is 0.438 bits per heavy atom. The molecule has 0 aliphatic rings. The minimum atomic E-state index is -0.127. The monoisotopic (exact) mass is 619 g/mol. The van der Waals surface area contributed by atoms with Crippen LogP contribution in [0.4, 0.5) is 17.1 Å². The zero-order valence-electron chi connectivity index (χ0n) is 27.5. The van der Waals surface area contributed by atoms with Gasteiger partial charge >= 0.3 is 0 Å². The molecule has 7 aromatic carbocycles. The van der Waals surface area contributed by atoms with Crippen LogP contribution in [0.2, 0.25) is 0 Å². The van der Waals surface area contributed by atoms with Gasteiger partial charge in [-0.1, -0.05) is 148 Å². The van der Waals surface area contributed by atoms with E-state index in [1.54, 1.807) is 0 Å². The van der Waals surface area contributed by atoms with Gasteiger partial charge in [0.2, 0.25) is 0 Å². The largest absolute Gasteiger partial charge is 0.456 e. The number of anilines is 3. The molecule has 232 valence electrons. The minimum absolute atomic E-state index is 0.127. The van der Waals surface area contributed by atoms with E-state index < -0.39 is 0 Å². The summed E-state index contributed by atoms with van der Waals surface area (Å²) in [5.74, 6) is 0. The second-order valence-electron chi connectivity index (χ2n) is 13.4. The van der Waals surface area contributed by atoms with Crippen LogP contribution < -0.4 is 4.90 Å². The molecule has 1 aromatic heterocycles. The van der Waals surface area contributed by atoms with Gasteiger partial charge in [-0.05, 0) is 81.3 Å². The lowest BCUT2D eigenvalue weighted by atomic mass is 9.83. The van der Waals surface area contributed by atoms with Crippen molar-refractivity contribution in [2.24, 2.45) is 0 Å². The number of hydrogen-bond donors (Lipinski definition) is 0. The Hall–Kier alpha value is -5.86. The SMILES string of the molecule is CC(C)(C)c1cc(-c2ccccc2)ccc1N(c1ccc(-c2ccccc2)cc1)c1ccccc1-c1cccc2oc3ccccc3c12. The maximum Gasteiger partial charge on any atom is 0.136 e. The van der Waals surface area contributed by atoms with Crippen LogP contribution in [0.5, 0.6) is 0 Å². The van der Waals surface area contributed by atoms with Gasteiger partial charge in [-0.3, -0.25) is 0 Å². The first-order valence-corrected chi connectivity index (χ1v) is 16.6. The highest BCUT2D eigenvalue weighted by molar-refractivity contribution is 6.13. The fraction of sp³-hybridized carbons (Fsp3) is 0.0870. The molecule has 8 aromatic rings. The highest BCUT2D eigenvalue weighted by Gasteiger charge is 2.26. The van der Waals surface area contributed by atoms with Crippen LogP contribution in [0.25, 0.3) is 55.3 Å². The van der Waals surface area contributed by atoms with E-state index in [9.17, 15) is 0 Å². The number of para-hydroxylation sites is 2. The zero-order chi connectivity index (χ0) is 32.7. The molecule has 0 spiro atoms. The maximum atomic E-state index is 6.34. The van der Waals surface area contributed by atoms with Gasteiger partial charge in [0.1, 0.15) is 11.2 Å². The highest BCUT2D eigenvalue weighted by Crippen LogP contribution is 2.47. The lowest BCUT2D eigenvalue weighted by molar-refractivity contribution is 0.591. The van der Waals surface area contributed by atoms with Gasteiger partial charge in [0, 0.05) is 27.7 Å². The predicted molar refractivity (Wildman–Crippen MR) is 203 cm³/mol. The number of hydrogen-bond acceptors (Lipinski definition) is 2. The Labute approximate surface area is 282 Å². The van der Waals surface area contributed by atoms with Crippen molar-refractivity contribution < 1.29 is 4.42 Å². The number of rotatable bonds is 6. The predicted octanol–water partition coefficient (Wildman–Crippen LogP) is 13.4. The lowest BCUT2D eigenvalue weighted by Gasteiger charge is -2.34. The van der Waals surface area contributed by atoms with E-state index >= 15 is 0 Å². The van der Waals surface area contributed by atoms with E-state index in [1.807, 2.05) is 6.07 Å². The normalized spacial score (nSPS) is 11.6. The van der Waals surface area contributed by atoms with E-state index in [1.165, 1.54) is 27.8 Å². The third-order valence-electron chi connectivity index (χ3n) is 9.22. The smallest absolute Gasteiger partial charge is 0.136 e. The average molecular weight is 620 g/mol. The third-order valence-corrected chi connectivity index (χ3v) is 9.22. The van der Waals surface area contributed by atoms with Crippen molar-refractivity contribution in [2.75, 3.05) is 4.90 Å². The van der Waals surface area contributed by atoms with Crippen molar-refractivity contribution in [3.63, 3.8) is 0 Å². The Morgan fingerprint density at radius 3 is 1.73 bits per heavy atom. The molecule has 0 saturated carbocycles. The molecular weight excluding hydrogens is 583 g/mol. The van der Waals surface area contributed by atoms with E-state index in [0.29, 0.717) is 0 Å². The molecule has 0 bridgehead atoms. The van der Waals surface area contributed by atoms with Crippen LogP contribution in [-0.4, -0.2) is 0 Å². The molecule has 0 radical (unpaired) electrons. The van der Waals surface area contributed by atoms with Gasteiger partial charge < -0.3 is 9.32 Å². The first-order chi connectivity index (χ1) is 23.5. The molecule has 0 saturated heterocycles. The van der Waals surface area contributed by atoms with Gasteiger partial charge in [-0.25, -0.2) is 0 Å². The van der Waals surface area contributed by atoms with Crippen LogP contribution in [0.1, 0.15) is 26.3 Å². The summed E-state index contributed by atoms with van der Waals surface area (Å²) in [5.41, 5.74) is 13.4. The van der Waals surface area contributed by atoms with Crippen LogP contribution in [0.15, 0.2) is 174 Å². The first-order valence-electron chi connectivity index (χ1n) is 16.6. The van der Waals surface area contributed by atoms with Gasteiger partial charge in [-0.15, -0.1) is 0 Å². The van der Waals surface area contributed by atoms with E-state index in [-0.39, 0.29) is 5.41 Å². The molecule has 2 heteroatoms. The second kappa shape index (κ2) is 12.1. The maximum absolute atomic E-state index is 6.34. The molecule has 48 heavy (non-hydrogen) atoms. The molecule has 0 unspecified atom stereocenters. The zero-order valence-corrected chi connectivity index (χ0v) is 27.5. The number of benzene rings is 7. The Morgan fingerprint density at radius 2 is 1.00 bits per heavy atom. The highest BCUT2D eigenvalue weighted by atomic mass is 16.3. The summed E-state index contributed by atoms with van der Waals surface area (Å²) in [6, 6.07) is 60.7. The van der Waals surface area contributed by atoms with Crippen molar-refractivity contribution in [2.45, 2.75) is 26.2 Å². The standard InChI is InChI=1S/C46H37NO/c1-46(2,3)40-31-35(33-17-8-5-9-18-33)27-30-42(40)47(36-28-25-34(26-29-36)32-15-6-4-7-16-32)41-22-12-10-19-37(41)38-21-14-24-44-45(38)39-20-11-13-23-43(39)48-44/h4-31H,1-3H3. The average Bonchev–Trinajstić information content (AvgIpc) is 3.52. The number of nitrogens with zero attached hydrogens (tertiary/aromatic N) is 1. The molecule has 1 heterocycles. The minimum Gasteiger partial charge on any atom is -0.456 e. The number of furan rings is 1. The van der Waals surface area contributed by atoms with Crippen LogP contribution >= 0.6 is 0 Å². The quantitative estimate of drug-likeness (QED) is 0.184. The van der Waals surface area contributed by atoms with E-state index in [0.717, 1.165) is 50.1 Å². The summed E-state index contributed by atoms with van der Waals surface area (Å²) in [4.78, 5) is 2.45. The van der Waals surface area contributed by atoms with Crippen molar-refractivity contribution in [3.8, 4) is 33.4 Å². The first kappa shape index (κ1) is 29.5. The second-order valence-corrected chi connectivity index (χ2v) is 13.4. The topological polar surface area (TPSA) is 16.4 Å². The number of fused-ring (bicyclic) bond motifs is 3. The van der Waals surface area contributed by atoms with Crippen LogP contribution in [-0.2, 0) is 5.41 Å². The molecule has 0 aliphatic heterocycles. The molecule has 8 rings (SSSR count). The van der Waals surface area contributed by atoms with E-state index in [2.05, 4.69) is 189 Å². The molecule has 0 aliphatic carbocycles. The lowest BCUT2D eigenvalue weighted by Crippen LogP contribution is -2.19. The van der Waals surface area contributed by atoms with Crippen LogP contribution in [0, 0.1) is 0 Å². The molecule has 0 fully saturated rings.